The lowest BCUT2D eigenvalue weighted by atomic mass is 10.0. The zero-order chi connectivity index (χ0) is 24.9. The van der Waals surface area contributed by atoms with Crippen LogP contribution in [0.5, 0.6) is 0 Å². The smallest absolute Gasteiger partial charge is 0.339 e. The zero-order valence-electron chi connectivity index (χ0n) is 20.2. The van der Waals surface area contributed by atoms with Crippen LogP contribution in [-0.2, 0) is 22.4 Å². The second-order valence-electron chi connectivity index (χ2n) is 9.09. The van der Waals surface area contributed by atoms with Crippen LogP contribution in [-0.4, -0.2) is 29.5 Å². The maximum Gasteiger partial charge on any atom is 0.339 e. The topological polar surface area (TPSA) is 81.4 Å². The van der Waals surface area contributed by atoms with E-state index in [1.807, 2.05) is 67.6 Å². The van der Waals surface area contributed by atoms with Crippen molar-refractivity contribution in [3.05, 3.63) is 101 Å². The predicted octanol–water partition coefficient (Wildman–Crippen LogP) is 5.61. The number of benzene rings is 2. The number of carbonyl (C=O) groups excluding carboxylic acids is 2. The fraction of sp³-hybridized carbons (Fsp3) is 0.233. The minimum absolute atomic E-state index is 0.0308. The number of aryl methyl sites for hydroxylation is 1. The molecule has 1 N–H and O–H groups in total. The van der Waals surface area contributed by atoms with E-state index in [0.29, 0.717) is 12.0 Å². The normalized spacial score (nSPS) is 14.5. The van der Waals surface area contributed by atoms with Gasteiger partial charge in [0.1, 0.15) is 5.76 Å². The highest BCUT2D eigenvalue weighted by atomic mass is 16.5. The standard InChI is InChI=1S/C30H28N2O4/c1-20(13-14-21-8-3-2-4-9-21)31-27(33)19-36-30(34)28-24-11-5-6-12-26(24)32-29-22(15-16-25(28)29)18-23-10-7-17-35-23/h2-12,17-18,20H,13-16,19H2,1H3,(H,31,33). The second-order valence-corrected chi connectivity index (χ2v) is 9.09. The Morgan fingerprint density at radius 3 is 2.67 bits per heavy atom. The van der Waals surface area contributed by atoms with Crippen molar-refractivity contribution in [1.29, 1.82) is 0 Å². The van der Waals surface area contributed by atoms with Gasteiger partial charge in [0.2, 0.25) is 0 Å². The first kappa shape index (κ1) is 23.5. The number of hydrogen-bond donors (Lipinski definition) is 1. The maximum atomic E-state index is 13.3. The van der Waals surface area contributed by atoms with Gasteiger partial charge in [-0.05, 0) is 73.6 Å². The number of fused-ring (bicyclic) bond motifs is 2. The van der Waals surface area contributed by atoms with Gasteiger partial charge in [0.05, 0.1) is 23.0 Å². The first-order valence-corrected chi connectivity index (χ1v) is 12.2. The molecule has 1 aliphatic carbocycles. The zero-order valence-corrected chi connectivity index (χ0v) is 20.2. The molecule has 182 valence electrons. The lowest BCUT2D eigenvalue weighted by Crippen LogP contribution is -2.36. The molecular formula is C30H28N2O4. The summed E-state index contributed by atoms with van der Waals surface area (Å²) in [7, 11) is 0. The summed E-state index contributed by atoms with van der Waals surface area (Å²) in [5.74, 6) is -0.0662. The number of furan rings is 1. The van der Waals surface area contributed by atoms with E-state index in [0.717, 1.165) is 52.8 Å². The van der Waals surface area contributed by atoms with Gasteiger partial charge in [-0.3, -0.25) is 4.79 Å². The number of rotatable bonds is 8. The molecule has 0 fully saturated rings. The summed E-state index contributed by atoms with van der Waals surface area (Å²) in [5, 5.41) is 3.66. The van der Waals surface area contributed by atoms with Crippen LogP contribution >= 0.6 is 0 Å². The van der Waals surface area contributed by atoms with Crippen LogP contribution in [0.25, 0.3) is 22.6 Å². The Hall–Kier alpha value is -4.19. The molecule has 1 unspecified atom stereocenters. The van der Waals surface area contributed by atoms with Gasteiger partial charge in [0.25, 0.3) is 5.91 Å². The van der Waals surface area contributed by atoms with Crippen molar-refractivity contribution in [1.82, 2.24) is 10.3 Å². The van der Waals surface area contributed by atoms with Crippen molar-refractivity contribution in [2.24, 2.45) is 0 Å². The molecule has 6 nitrogen and oxygen atoms in total. The molecule has 0 saturated heterocycles. The van der Waals surface area contributed by atoms with E-state index < -0.39 is 5.97 Å². The minimum Gasteiger partial charge on any atom is -0.465 e. The van der Waals surface area contributed by atoms with Crippen LogP contribution in [0.3, 0.4) is 0 Å². The quantitative estimate of drug-likeness (QED) is 0.332. The van der Waals surface area contributed by atoms with E-state index in [9.17, 15) is 9.59 Å². The van der Waals surface area contributed by atoms with Gasteiger partial charge >= 0.3 is 5.97 Å². The predicted molar refractivity (Wildman–Crippen MR) is 139 cm³/mol. The van der Waals surface area contributed by atoms with Crippen LogP contribution in [0.2, 0.25) is 0 Å². The van der Waals surface area contributed by atoms with Crippen LogP contribution in [0.1, 0.15) is 52.7 Å². The summed E-state index contributed by atoms with van der Waals surface area (Å²) in [6, 6.07) is 21.4. The van der Waals surface area contributed by atoms with Gasteiger partial charge in [-0.1, -0.05) is 48.5 Å². The van der Waals surface area contributed by atoms with Gasteiger partial charge in [-0.15, -0.1) is 0 Å². The fourth-order valence-electron chi connectivity index (χ4n) is 4.68. The van der Waals surface area contributed by atoms with Crippen molar-refractivity contribution >= 4 is 34.4 Å². The summed E-state index contributed by atoms with van der Waals surface area (Å²) < 4.78 is 11.0. The molecule has 6 heteroatoms. The summed E-state index contributed by atoms with van der Waals surface area (Å²) in [4.78, 5) is 30.6. The summed E-state index contributed by atoms with van der Waals surface area (Å²) in [6.45, 7) is 1.63. The number of nitrogens with one attached hydrogen (secondary N) is 1. The second kappa shape index (κ2) is 10.6. The molecule has 0 radical (unpaired) electrons. The third-order valence-electron chi connectivity index (χ3n) is 6.46. The molecule has 4 aromatic rings. The van der Waals surface area contributed by atoms with Crippen molar-refractivity contribution < 1.29 is 18.7 Å². The van der Waals surface area contributed by atoms with Gasteiger partial charge in [0.15, 0.2) is 6.61 Å². The molecular weight excluding hydrogens is 452 g/mol. The number of ether oxygens (including phenoxy) is 1. The number of esters is 1. The summed E-state index contributed by atoms with van der Waals surface area (Å²) >= 11 is 0. The monoisotopic (exact) mass is 480 g/mol. The Morgan fingerprint density at radius 1 is 1.06 bits per heavy atom. The third-order valence-corrected chi connectivity index (χ3v) is 6.46. The Labute approximate surface area is 210 Å². The first-order valence-electron chi connectivity index (χ1n) is 12.2. The van der Waals surface area contributed by atoms with Crippen molar-refractivity contribution in [3.8, 4) is 0 Å². The van der Waals surface area contributed by atoms with E-state index in [1.54, 1.807) is 6.26 Å². The van der Waals surface area contributed by atoms with Gasteiger partial charge in [-0.25, -0.2) is 9.78 Å². The van der Waals surface area contributed by atoms with Gasteiger partial charge in [0, 0.05) is 11.4 Å². The highest BCUT2D eigenvalue weighted by Gasteiger charge is 2.28. The number of aromatic nitrogens is 1. The number of hydrogen-bond acceptors (Lipinski definition) is 5. The average molecular weight is 481 g/mol. The molecule has 2 heterocycles. The molecule has 1 amide bonds. The highest BCUT2D eigenvalue weighted by Crippen LogP contribution is 2.37. The Kier molecular flexibility index (Phi) is 6.94. The molecule has 0 spiro atoms. The maximum absolute atomic E-state index is 13.3. The van der Waals surface area contributed by atoms with Crippen LogP contribution in [0, 0.1) is 0 Å². The fourth-order valence-corrected chi connectivity index (χ4v) is 4.68. The number of allylic oxidation sites excluding steroid dienone is 1. The molecule has 1 atom stereocenters. The number of carbonyl (C=O) groups is 2. The van der Waals surface area contributed by atoms with E-state index in [4.69, 9.17) is 14.1 Å². The first-order chi connectivity index (χ1) is 17.6. The van der Waals surface area contributed by atoms with E-state index >= 15 is 0 Å². The molecule has 36 heavy (non-hydrogen) atoms. The minimum atomic E-state index is -0.504. The number of nitrogens with zero attached hydrogens (tertiary/aromatic N) is 1. The molecule has 2 aromatic heterocycles. The van der Waals surface area contributed by atoms with Crippen LogP contribution in [0.4, 0.5) is 0 Å². The Bertz CT molecular complexity index is 1410. The van der Waals surface area contributed by atoms with E-state index in [1.165, 1.54) is 5.56 Å². The lowest BCUT2D eigenvalue weighted by Gasteiger charge is -2.15. The highest BCUT2D eigenvalue weighted by molar-refractivity contribution is 6.07. The van der Waals surface area contributed by atoms with Crippen LogP contribution in [0.15, 0.2) is 77.4 Å². The largest absolute Gasteiger partial charge is 0.465 e. The molecule has 2 aromatic carbocycles. The van der Waals surface area contributed by atoms with E-state index in [-0.39, 0.29) is 18.6 Å². The Balaban J connectivity index is 1.29. The Morgan fingerprint density at radius 2 is 1.86 bits per heavy atom. The third kappa shape index (κ3) is 5.23. The molecule has 5 rings (SSSR count). The molecule has 0 saturated carbocycles. The average Bonchev–Trinajstić information content (AvgIpc) is 3.56. The number of pyridine rings is 1. The van der Waals surface area contributed by atoms with Crippen molar-refractivity contribution in [3.63, 3.8) is 0 Å². The number of para-hydroxylation sites is 1. The van der Waals surface area contributed by atoms with Crippen molar-refractivity contribution in [2.75, 3.05) is 6.61 Å². The summed E-state index contributed by atoms with van der Waals surface area (Å²) in [6.07, 6.45) is 6.69. The molecule has 0 aliphatic heterocycles. The lowest BCUT2D eigenvalue weighted by molar-refractivity contribution is -0.124. The van der Waals surface area contributed by atoms with Gasteiger partial charge < -0.3 is 14.5 Å². The van der Waals surface area contributed by atoms with Crippen molar-refractivity contribution in [2.45, 2.75) is 38.6 Å². The SMILES string of the molecule is CC(CCc1ccccc1)NC(=O)COC(=O)c1c2c(nc3ccccc13)C(=Cc1ccco1)CC2. The molecule has 1 aliphatic rings. The summed E-state index contributed by atoms with van der Waals surface area (Å²) in [5.41, 5.74) is 5.09. The molecule has 0 bridgehead atoms. The number of amides is 1. The van der Waals surface area contributed by atoms with Gasteiger partial charge in [-0.2, -0.15) is 0 Å². The van der Waals surface area contributed by atoms with E-state index in [2.05, 4.69) is 17.4 Å². The van der Waals surface area contributed by atoms with Crippen LogP contribution < -0.4 is 5.32 Å².